The standard InChI is InChI=1S/CH2Cl2O3S/c2-1(3)6-7(4)5/h1H,(H,4,5)/p-1. The molecule has 6 heteroatoms. The lowest BCUT2D eigenvalue weighted by atomic mass is 11.7. The zero-order chi connectivity index (χ0) is 5.86. The first-order valence-electron chi connectivity index (χ1n) is 1.17. The van der Waals surface area contributed by atoms with Gasteiger partial charge in [-0.2, -0.15) is 0 Å². The summed E-state index contributed by atoms with van der Waals surface area (Å²) in [7, 11) is 0. The third kappa shape index (κ3) is 6.65. The Balaban J connectivity index is 3.13. The molecule has 0 aromatic rings. The SMILES string of the molecule is O=S([O-])OC(Cl)Cl. The molecule has 0 N–H and O–H groups in total. The van der Waals surface area contributed by atoms with E-state index in [1.54, 1.807) is 0 Å². The Labute approximate surface area is 53.0 Å². The second kappa shape index (κ2) is 3.63. The topological polar surface area (TPSA) is 49.4 Å². The molecule has 0 spiro atoms. The van der Waals surface area contributed by atoms with Crippen molar-refractivity contribution in [3.05, 3.63) is 0 Å². The molecule has 3 nitrogen and oxygen atoms in total. The zero-order valence-corrected chi connectivity index (χ0v) is 5.29. The molecule has 0 rings (SSSR count). The lowest BCUT2D eigenvalue weighted by molar-refractivity contribution is 0.328. The Hall–Kier alpha value is 0.650. The van der Waals surface area contributed by atoms with Crippen molar-refractivity contribution in [2.45, 2.75) is 5.02 Å². The molecule has 0 saturated heterocycles. The molecule has 0 aromatic carbocycles. The van der Waals surface area contributed by atoms with Gasteiger partial charge in [-0.1, -0.05) is 23.2 Å². The molecule has 0 heterocycles. The summed E-state index contributed by atoms with van der Waals surface area (Å²) in [6.07, 6.45) is 0. The highest BCUT2D eigenvalue weighted by Crippen LogP contribution is 2.03. The zero-order valence-electron chi connectivity index (χ0n) is 2.97. The van der Waals surface area contributed by atoms with Crippen LogP contribution in [-0.2, 0) is 15.5 Å². The predicted molar refractivity (Wildman–Crippen MR) is 25.5 cm³/mol. The van der Waals surface area contributed by atoms with Gasteiger partial charge in [0.1, 0.15) is 0 Å². The fraction of sp³-hybridized carbons (Fsp3) is 1.00. The number of hydrogen-bond donors (Lipinski definition) is 0. The monoisotopic (exact) mass is 163 g/mol. The molecule has 0 aliphatic heterocycles. The van der Waals surface area contributed by atoms with Crippen molar-refractivity contribution >= 4 is 34.6 Å². The summed E-state index contributed by atoms with van der Waals surface area (Å²) >= 11 is 7.04. The van der Waals surface area contributed by atoms with E-state index in [-0.39, 0.29) is 0 Å². The summed E-state index contributed by atoms with van der Waals surface area (Å²) in [5, 5.41) is -1.29. The minimum absolute atomic E-state index is 1.29. The Morgan fingerprint density at radius 3 is 2.14 bits per heavy atom. The van der Waals surface area contributed by atoms with Crippen LogP contribution in [0.3, 0.4) is 0 Å². The van der Waals surface area contributed by atoms with Crippen molar-refractivity contribution in [2.75, 3.05) is 0 Å². The molecule has 7 heavy (non-hydrogen) atoms. The van der Waals surface area contributed by atoms with Gasteiger partial charge in [0.2, 0.25) is 5.02 Å². The number of halogens is 2. The van der Waals surface area contributed by atoms with E-state index in [0.29, 0.717) is 0 Å². The summed E-state index contributed by atoms with van der Waals surface area (Å²) in [6.45, 7) is 0. The summed E-state index contributed by atoms with van der Waals surface area (Å²) < 4.78 is 22.5. The highest BCUT2D eigenvalue weighted by molar-refractivity contribution is 7.74. The largest absolute Gasteiger partial charge is 0.750 e. The van der Waals surface area contributed by atoms with Crippen LogP contribution in [0.5, 0.6) is 0 Å². The fourth-order valence-corrected chi connectivity index (χ4v) is 0.535. The quantitative estimate of drug-likeness (QED) is 0.442. The van der Waals surface area contributed by atoms with Gasteiger partial charge in [-0.05, 0) is 0 Å². The average Bonchev–Trinajstić information content (AvgIpc) is 1.27. The van der Waals surface area contributed by atoms with E-state index in [0.717, 1.165) is 0 Å². The van der Waals surface area contributed by atoms with Crippen LogP contribution >= 0.6 is 23.2 Å². The Morgan fingerprint density at radius 1 is 1.71 bits per heavy atom. The maximum absolute atomic E-state index is 9.42. The fourth-order valence-electron chi connectivity index (χ4n) is 0.0594. The number of alkyl halides is 2. The van der Waals surface area contributed by atoms with Crippen LogP contribution in [0.4, 0.5) is 0 Å². The van der Waals surface area contributed by atoms with Gasteiger partial charge >= 0.3 is 0 Å². The molecule has 1 atom stereocenters. The van der Waals surface area contributed by atoms with Crippen LogP contribution < -0.4 is 0 Å². The van der Waals surface area contributed by atoms with Gasteiger partial charge in [0.05, 0.1) is 11.4 Å². The smallest absolute Gasteiger partial charge is 0.220 e. The number of hydrogen-bond acceptors (Lipinski definition) is 3. The molecule has 44 valence electrons. The molecule has 0 amide bonds. The van der Waals surface area contributed by atoms with E-state index in [1.165, 1.54) is 0 Å². The van der Waals surface area contributed by atoms with Gasteiger partial charge in [0, 0.05) is 0 Å². The Kier molecular flexibility index (Phi) is 3.96. The summed E-state index contributed by atoms with van der Waals surface area (Å²) in [5.41, 5.74) is 0. The van der Waals surface area contributed by atoms with Crippen molar-refractivity contribution in [3.63, 3.8) is 0 Å². The van der Waals surface area contributed by atoms with Crippen LogP contribution in [0.2, 0.25) is 0 Å². The average molecular weight is 164 g/mol. The summed E-state index contributed by atoms with van der Waals surface area (Å²) in [5.74, 6) is 0. The van der Waals surface area contributed by atoms with Gasteiger partial charge in [-0.15, -0.1) is 0 Å². The van der Waals surface area contributed by atoms with Crippen LogP contribution in [0.1, 0.15) is 0 Å². The van der Waals surface area contributed by atoms with Gasteiger partial charge < -0.3 is 4.55 Å². The maximum atomic E-state index is 9.42. The van der Waals surface area contributed by atoms with E-state index in [2.05, 4.69) is 4.18 Å². The van der Waals surface area contributed by atoms with Gasteiger partial charge in [-0.25, -0.2) is 4.21 Å². The predicted octanol–water partition coefficient (Wildman–Crippen LogP) is 0.558. The van der Waals surface area contributed by atoms with Crippen LogP contribution in [-0.4, -0.2) is 13.8 Å². The summed E-state index contributed by atoms with van der Waals surface area (Å²) in [4.78, 5) is 0. The highest BCUT2D eigenvalue weighted by Gasteiger charge is 1.94. The minimum Gasteiger partial charge on any atom is -0.750 e. The van der Waals surface area contributed by atoms with E-state index >= 15 is 0 Å². The van der Waals surface area contributed by atoms with Crippen molar-refractivity contribution in [2.24, 2.45) is 0 Å². The Bertz CT molecular complexity index is 73.3. The second-order valence-corrected chi connectivity index (χ2v) is 2.18. The molecule has 0 aliphatic carbocycles. The molecule has 0 bridgehead atoms. The van der Waals surface area contributed by atoms with Crippen molar-refractivity contribution in [1.29, 1.82) is 0 Å². The maximum Gasteiger partial charge on any atom is 0.220 e. The molecule has 0 radical (unpaired) electrons. The van der Waals surface area contributed by atoms with Crippen molar-refractivity contribution in [1.82, 2.24) is 0 Å². The van der Waals surface area contributed by atoms with Crippen LogP contribution in [0.25, 0.3) is 0 Å². The minimum atomic E-state index is -2.61. The van der Waals surface area contributed by atoms with E-state index < -0.39 is 16.4 Å². The molecule has 0 saturated carbocycles. The third-order valence-corrected chi connectivity index (χ3v) is 0.890. The highest BCUT2D eigenvalue weighted by atomic mass is 35.5. The third-order valence-electron chi connectivity index (χ3n) is 0.151. The first-order chi connectivity index (χ1) is 3.13. The van der Waals surface area contributed by atoms with Gasteiger partial charge in [-0.3, -0.25) is 4.18 Å². The van der Waals surface area contributed by atoms with E-state index in [9.17, 15) is 8.76 Å². The molecular weight excluding hydrogens is 163 g/mol. The lowest BCUT2D eigenvalue weighted by Crippen LogP contribution is -1.98. The molecule has 0 fully saturated rings. The van der Waals surface area contributed by atoms with E-state index in [4.69, 9.17) is 23.2 Å². The van der Waals surface area contributed by atoms with Crippen LogP contribution in [0.15, 0.2) is 0 Å². The van der Waals surface area contributed by atoms with E-state index in [1.807, 2.05) is 0 Å². The molecular formula is CHCl2O3S-. The van der Waals surface area contributed by atoms with Crippen molar-refractivity contribution < 1.29 is 12.9 Å². The summed E-state index contributed by atoms with van der Waals surface area (Å²) in [6, 6.07) is 0. The lowest BCUT2D eigenvalue weighted by Gasteiger charge is -2.03. The first-order valence-corrected chi connectivity index (χ1v) is 3.05. The van der Waals surface area contributed by atoms with Gasteiger partial charge in [0.15, 0.2) is 0 Å². The molecule has 1 unspecified atom stereocenters. The molecule has 0 aliphatic rings. The second-order valence-electron chi connectivity index (χ2n) is 0.561. The normalized spacial score (nSPS) is 14.9. The van der Waals surface area contributed by atoms with Gasteiger partial charge in [0.25, 0.3) is 0 Å². The Morgan fingerprint density at radius 2 is 2.14 bits per heavy atom. The molecule has 0 aromatic heterocycles. The van der Waals surface area contributed by atoms with Crippen LogP contribution in [0, 0.1) is 0 Å². The number of rotatable bonds is 2. The first kappa shape index (κ1) is 7.65. The van der Waals surface area contributed by atoms with Crippen molar-refractivity contribution in [3.8, 4) is 0 Å².